The molecule has 0 aliphatic heterocycles. The van der Waals surface area contributed by atoms with Crippen molar-refractivity contribution in [3.05, 3.63) is 47.4 Å². The Morgan fingerprint density at radius 1 is 1.21 bits per heavy atom. The van der Waals surface area contributed by atoms with Gasteiger partial charge in [0, 0.05) is 0 Å². The first-order valence-electron chi connectivity index (χ1n) is 5.26. The van der Waals surface area contributed by atoms with Crippen molar-refractivity contribution in [2.75, 3.05) is 11.1 Å². The highest BCUT2D eigenvalue weighted by atomic mass is 19.1. The Labute approximate surface area is 108 Å². The highest BCUT2D eigenvalue weighted by Crippen LogP contribution is 2.22. The van der Waals surface area contributed by atoms with Gasteiger partial charge in [0.2, 0.25) is 0 Å². The molecule has 0 aliphatic rings. The molecule has 0 unspecified atom stereocenters. The zero-order chi connectivity index (χ0) is 13.8. The van der Waals surface area contributed by atoms with E-state index in [0.717, 1.165) is 6.07 Å². The van der Waals surface area contributed by atoms with Crippen LogP contribution in [0.5, 0.6) is 0 Å². The molecule has 92 valence electrons. The van der Waals surface area contributed by atoms with Gasteiger partial charge in [-0.15, -0.1) is 0 Å². The van der Waals surface area contributed by atoms with E-state index in [9.17, 15) is 4.39 Å². The highest BCUT2D eigenvalue weighted by Gasteiger charge is 2.08. The van der Waals surface area contributed by atoms with Gasteiger partial charge in [-0.2, -0.15) is 10.5 Å². The monoisotopic (exact) mass is 253 g/mol. The van der Waals surface area contributed by atoms with E-state index in [0.29, 0.717) is 5.69 Å². The van der Waals surface area contributed by atoms with E-state index in [1.807, 2.05) is 12.1 Å². The van der Waals surface area contributed by atoms with Crippen molar-refractivity contribution in [1.29, 1.82) is 10.5 Å². The van der Waals surface area contributed by atoms with Gasteiger partial charge in [0.1, 0.15) is 17.7 Å². The van der Waals surface area contributed by atoms with E-state index in [-0.39, 0.29) is 22.6 Å². The summed E-state index contributed by atoms with van der Waals surface area (Å²) in [6, 6.07) is 9.18. The van der Waals surface area contributed by atoms with Crippen molar-refractivity contribution < 1.29 is 4.39 Å². The zero-order valence-corrected chi connectivity index (χ0v) is 9.68. The third-order valence-electron chi connectivity index (χ3n) is 2.38. The molecular weight excluding hydrogens is 245 g/mol. The van der Waals surface area contributed by atoms with Gasteiger partial charge >= 0.3 is 0 Å². The Morgan fingerprint density at radius 3 is 2.63 bits per heavy atom. The molecule has 1 heterocycles. The van der Waals surface area contributed by atoms with Gasteiger partial charge in [-0.25, -0.2) is 9.37 Å². The van der Waals surface area contributed by atoms with Crippen LogP contribution in [0.25, 0.3) is 0 Å². The van der Waals surface area contributed by atoms with Crippen molar-refractivity contribution in [3.63, 3.8) is 0 Å². The molecule has 19 heavy (non-hydrogen) atoms. The van der Waals surface area contributed by atoms with Crippen molar-refractivity contribution in [2.45, 2.75) is 0 Å². The number of pyridine rings is 1. The summed E-state index contributed by atoms with van der Waals surface area (Å²) >= 11 is 0. The van der Waals surface area contributed by atoms with Crippen LogP contribution in [-0.2, 0) is 0 Å². The lowest BCUT2D eigenvalue weighted by molar-refractivity contribution is 0.631. The number of anilines is 3. The summed E-state index contributed by atoms with van der Waals surface area (Å²) in [6.45, 7) is 0. The van der Waals surface area contributed by atoms with Crippen LogP contribution in [0.4, 0.5) is 21.6 Å². The van der Waals surface area contributed by atoms with Crippen LogP contribution in [0.3, 0.4) is 0 Å². The highest BCUT2D eigenvalue weighted by molar-refractivity contribution is 5.65. The number of halogens is 1. The summed E-state index contributed by atoms with van der Waals surface area (Å²) in [5.41, 5.74) is 6.42. The fraction of sp³-hybridized carbons (Fsp3) is 0. The van der Waals surface area contributed by atoms with E-state index in [2.05, 4.69) is 10.3 Å². The lowest BCUT2D eigenvalue weighted by Crippen LogP contribution is -2.00. The van der Waals surface area contributed by atoms with E-state index in [4.69, 9.17) is 16.3 Å². The second kappa shape index (κ2) is 5.03. The van der Waals surface area contributed by atoms with Crippen LogP contribution in [0.1, 0.15) is 11.1 Å². The quantitative estimate of drug-likeness (QED) is 0.855. The topological polar surface area (TPSA) is 98.5 Å². The summed E-state index contributed by atoms with van der Waals surface area (Å²) in [4.78, 5) is 3.94. The maximum absolute atomic E-state index is 13.7. The molecule has 0 saturated carbocycles. The molecule has 1 aromatic carbocycles. The number of nitriles is 2. The van der Waals surface area contributed by atoms with Crippen molar-refractivity contribution in [3.8, 4) is 12.1 Å². The Bertz CT molecular complexity index is 712. The largest absolute Gasteiger partial charge is 0.397 e. The summed E-state index contributed by atoms with van der Waals surface area (Å²) < 4.78 is 13.7. The number of rotatable bonds is 2. The number of hydrogen-bond donors (Lipinski definition) is 2. The number of nitrogens with zero attached hydrogens (tertiary/aromatic N) is 3. The SMILES string of the molecule is N#Cc1ccc(Nc2ncc(N)cc2C#N)c(F)c1. The van der Waals surface area contributed by atoms with Gasteiger partial charge in [0.15, 0.2) is 0 Å². The molecule has 0 atom stereocenters. The molecule has 1 aromatic heterocycles. The first kappa shape index (κ1) is 12.3. The van der Waals surface area contributed by atoms with E-state index in [1.54, 1.807) is 0 Å². The minimum atomic E-state index is -0.596. The standard InChI is InChI=1S/C13H8FN5/c14-11-3-8(5-15)1-2-12(11)19-13-9(6-16)4-10(17)7-18-13/h1-4,7H,17H2,(H,18,19). The Morgan fingerprint density at radius 2 is 2.00 bits per heavy atom. The molecule has 2 aromatic rings. The summed E-state index contributed by atoms with van der Waals surface area (Å²) in [7, 11) is 0. The first-order valence-corrected chi connectivity index (χ1v) is 5.26. The lowest BCUT2D eigenvalue weighted by atomic mass is 10.2. The van der Waals surface area contributed by atoms with Crippen molar-refractivity contribution in [2.24, 2.45) is 0 Å². The predicted octanol–water partition coefficient (Wildman–Crippen LogP) is 2.29. The van der Waals surface area contributed by atoms with E-state index >= 15 is 0 Å². The normalized spacial score (nSPS) is 9.42. The molecule has 0 saturated heterocycles. The van der Waals surface area contributed by atoms with Gasteiger partial charge < -0.3 is 11.1 Å². The number of benzene rings is 1. The van der Waals surface area contributed by atoms with Crippen LogP contribution in [-0.4, -0.2) is 4.98 Å². The minimum absolute atomic E-state index is 0.132. The molecule has 5 nitrogen and oxygen atoms in total. The van der Waals surface area contributed by atoms with Gasteiger partial charge in [-0.1, -0.05) is 0 Å². The van der Waals surface area contributed by atoms with Gasteiger partial charge in [0.25, 0.3) is 0 Å². The molecule has 2 rings (SSSR count). The van der Waals surface area contributed by atoms with Gasteiger partial charge in [0.05, 0.1) is 34.8 Å². The fourth-order valence-corrected chi connectivity index (χ4v) is 1.48. The summed E-state index contributed by atoms with van der Waals surface area (Å²) in [6.07, 6.45) is 1.37. The molecule has 0 bridgehead atoms. The third kappa shape index (κ3) is 2.59. The minimum Gasteiger partial charge on any atom is -0.397 e. The van der Waals surface area contributed by atoms with Crippen LogP contribution >= 0.6 is 0 Å². The number of nitrogens with one attached hydrogen (secondary N) is 1. The van der Waals surface area contributed by atoms with Crippen LogP contribution in [0, 0.1) is 28.5 Å². The molecule has 0 radical (unpaired) electrons. The Kier molecular flexibility index (Phi) is 3.26. The maximum Gasteiger partial charge on any atom is 0.148 e. The zero-order valence-electron chi connectivity index (χ0n) is 9.68. The second-order valence-electron chi connectivity index (χ2n) is 3.71. The summed E-state index contributed by atoms with van der Waals surface area (Å²) in [5.74, 6) is -0.387. The van der Waals surface area contributed by atoms with Crippen molar-refractivity contribution >= 4 is 17.2 Å². The van der Waals surface area contributed by atoms with Crippen LogP contribution < -0.4 is 11.1 Å². The predicted molar refractivity (Wildman–Crippen MR) is 67.8 cm³/mol. The van der Waals surface area contributed by atoms with Crippen molar-refractivity contribution in [1.82, 2.24) is 4.98 Å². The number of aromatic nitrogens is 1. The molecular formula is C13H8FN5. The molecule has 0 fully saturated rings. The molecule has 0 amide bonds. The lowest BCUT2D eigenvalue weighted by Gasteiger charge is -2.08. The van der Waals surface area contributed by atoms with Crippen LogP contribution in [0.15, 0.2) is 30.5 Å². The molecule has 0 spiro atoms. The molecule has 6 heteroatoms. The average Bonchev–Trinajstić information content (AvgIpc) is 2.42. The fourth-order valence-electron chi connectivity index (χ4n) is 1.48. The molecule has 0 aliphatic carbocycles. The number of hydrogen-bond acceptors (Lipinski definition) is 5. The van der Waals surface area contributed by atoms with Gasteiger partial charge in [-0.05, 0) is 24.3 Å². The smallest absolute Gasteiger partial charge is 0.148 e. The number of nitrogens with two attached hydrogens (primary N) is 1. The Hall–Kier alpha value is -3.12. The maximum atomic E-state index is 13.7. The Balaban J connectivity index is 2.37. The second-order valence-corrected chi connectivity index (χ2v) is 3.71. The van der Waals surface area contributed by atoms with Crippen LogP contribution in [0.2, 0.25) is 0 Å². The van der Waals surface area contributed by atoms with E-state index in [1.165, 1.54) is 24.4 Å². The number of nitrogen functional groups attached to an aromatic ring is 1. The van der Waals surface area contributed by atoms with Gasteiger partial charge in [-0.3, -0.25) is 0 Å². The van der Waals surface area contributed by atoms with E-state index < -0.39 is 5.82 Å². The molecule has 3 N–H and O–H groups in total. The average molecular weight is 253 g/mol. The third-order valence-corrected chi connectivity index (χ3v) is 2.38. The first-order chi connectivity index (χ1) is 9.13. The summed E-state index contributed by atoms with van der Waals surface area (Å²) in [5, 5.41) is 20.3.